The average Bonchev–Trinajstić information content (AvgIpc) is 2.70. The molecule has 196 valence electrons. The summed E-state index contributed by atoms with van der Waals surface area (Å²) in [6.07, 6.45) is -1.72. The van der Waals surface area contributed by atoms with Gasteiger partial charge in [0, 0.05) is 19.7 Å². The molecule has 0 bridgehead atoms. The molecule has 0 aliphatic heterocycles. The molecule has 0 saturated heterocycles. The van der Waals surface area contributed by atoms with Crippen molar-refractivity contribution in [1.82, 2.24) is 9.62 Å². The van der Waals surface area contributed by atoms with Gasteiger partial charge in [0.25, 0.3) is 0 Å². The van der Waals surface area contributed by atoms with E-state index >= 15 is 0 Å². The van der Waals surface area contributed by atoms with Crippen molar-refractivity contribution in [2.45, 2.75) is 70.2 Å². The molecule has 1 atom stereocenters. The Bertz CT molecular complexity index is 897. The number of aliphatic hydroxyl groups is 1. The van der Waals surface area contributed by atoms with E-state index in [0.717, 1.165) is 4.90 Å². The first-order chi connectivity index (χ1) is 15.4. The van der Waals surface area contributed by atoms with Crippen LogP contribution in [0.15, 0.2) is 29.2 Å². The first kappa shape index (κ1) is 30.4. The molecule has 1 aromatic carbocycles. The lowest BCUT2D eigenvalue weighted by Crippen LogP contribution is -2.46. The largest absolute Gasteiger partial charge is 0.497 e. The number of methoxy groups -OCH3 is 1. The molecular formula is C23H42N2O7SSi. The fourth-order valence-corrected chi connectivity index (χ4v) is 5.09. The second kappa shape index (κ2) is 11.8. The Kier molecular flexibility index (Phi) is 10.6. The van der Waals surface area contributed by atoms with Crippen molar-refractivity contribution < 1.29 is 32.6 Å². The van der Waals surface area contributed by atoms with E-state index in [9.17, 15) is 23.4 Å². The fourth-order valence-electron chi connectivity index (χ4n) is 2.97. The quantitative estimate of drug-likeness (QED) is 0.340. The van der Waals surface area contributed by atoms with Crippen LogP contribution < -0.4 is 9.46 Å². The SMILES string of the molecule is COc1ccc(S(=O)(=O)NCC(O)CN(CC(C)(C)CCO[Si](C)(C)C(C)(C)C)C(=O)O)cc1. The van der Waals surface area contributed by atoms with Gasteiger partial charge in [-0.1, -0.05) is 34.6 Å². The van der Waals surface area contributed by atoms with E-state index in [0.29, 0.717) is 18.8 Å². The molecule has 0 aliphatic rings. The maximum absolute atomic E-state index is 12.5. The summed E-state index contributed by atoms with van der Waals surface area (Å²) in [5, 5.41) is 20.1. The van der Waals surface area contributed by atoms with Crippen molar-refractivity contribution in [3.05, 3.63) is 24.3 Å². The molecule has 0 heterocycles. The number of amides is 1. The number of benzene rings is 1. The Labute approximate surface area is 205 Å². The van der Waals surface area contributed by atoms with Gasteiger partial charge in [-0.05, 0) is 54.2 Å². The summed E-state index contributed by atoms with van der Waals surface area (Å²) in [6, 6.07) is 5.83. The Hall–Kier alpha value is -1.66. The Morgan fingerprint density at radius 3 is 2.18 bits per heavy atom. The Morgan fingerprint density at radius 2 is 1.71 bits per heavy atom. The summed E-state index contributed by atoms with van der Waals surface area (Å²) in [7, 11) is -4.27. The predicted octanol–water partition coefficient (Wildman–Crippen LogP) is 3.75. The average molecular weight is 519 g/mol. The van der Waals surface area contributed by atoms with Crippen LogP contribution in [0.1, 0.15) is 41.0 Å². The van der Waals surface area contributed by atoms with Crippen molar-refractivity contribution in [2.24, 2.45) is 5.41 Å². The number of carbonyl (C=O) groups is 1. The van der Waals surface area contributed by atoms with Crippen LogP contribution in [0.4, 0.5) is 4.79 Å². The number of rotatable bonds is 13. The third-order valence-electron chi connectivity index (χ3n) is 6.25. The van der Waals surface area contributed by atoms with Crippen molar-refractivity contribution in [1.29, 1.82) is 0 Å². The van der Waals surface area contributed by atoms with Gasteiger partial charge in [0.1, 0.15) is 5.75 Å². The summed E-state index contributed by atoms with van der Waals surface area (Å²) in [5.74, 6) is 0.522. The second-order valence-electron chi connectivity index (χ2n) is 10.9. The zero-order valence-electron chi connectivity index (χ0n) is 21.7. The molecule has 11 heteroatoms. The number of hydrogen-bond acceptors (Lipinski definition) is 6. The summed E-state index contributed by atoms with van der Waals surface area (Å²) in [6.45, 7) is 14.9. The summed E-state index contributed by atoms with van der Waals surface area (Å²) < 4.78 is 38.5. The lowest BCUT2D eigenvalue weighted by atomic mass is 9.89. The first-order valence-electron chi connectivity index (χ1n) is 11.3. The van der Waals surface area contributed by atoms with Gasteiger partial charge in [-0.2, -0.15) is 0 Å². The van der Waals surface area contributed by atoms with Gasteiger partial charge >= 0.3 is 6.09 Å². The van der Waals surface area contributed by atoms with Gasteiger partial charge in [0.05, 0.1) is 24.7 Å². The highest BCUT2D eigenvalue weighted by Crippen LogP contribution is 2.37. The van der Waals surface area contributed by atoms with E-state index in [1.54, 1.807) is 0 Å². The van der Waals surface area contributed by atoms with Gasteiger partial charge in [0.15, 0.2) is 8.32 Å². The lowest BCUT2D eigenvalue weighted by Gasteiger charge is -2.38. The van der Waals surface area contributed by atoms with Crippen LogP contribution in [0.5, 0.6) is 5.75 Å². The van der Waals surface area contributed by atoms with E-state index < -0.39 is 30.5 Å². The molecule has 9 nitrogen and oxygen atoms in total. The molecule has 34 heavy (non-hydrogen) atoms. The van der Waals surface area contributed by atoms with Crippen molar-refractivity contribution >= 4 is 24.4 Å². The maximum Gasteiger partial charge on any atom is 0.407 e. The van der Waals surface area contributed by atoms with E-state index in [-0.39, 0.29) is 35.0 Å². The molecule has 3 N–H and O–H groups in total. The minimum atomic E-state index is -3.85. The minimum Gasteiger partial charge on any atom is -0.497 e. The minimum absolute atomic E-state index is 0.0263. The third-order valence-corrected chi connectivity index (χ3v) is 12.2. The summed E-state index contributed by atoms with van der Waals surface area (Å²) >= 11 is 0. The van der Waals surface area contributed by atoms with E-state index in [1.807, 2.05) is 13.8 Å². The molecule has 1 aromatic rings. The molecule has 0 aromatic heterocycles. The maximum atomic E-state index is 12.5. The predicted molar refractivity (Wildman–Crippen MR) is 135 cm³/mol. The van der Waals surface area contributed by atoms with Gasteiger partial charge in [-0.15, -0.1) is 0 Å². The molecule has 0 fully saturated rings. The van der Waals surface area contributed by atoms with Crippen molar-refractivity contribution in [3.63, 3.8) is 0 Å². The van der Waals surface area contributed by atoms with Crippen LogP contribution >= 0.6 is 0 Å². The lowest BCUT2D eigenvalue weighted by molar-refractivity contribution is 0.0737. The molecule has 0 radical (unpaired) electrons. The number of aliphatic hydroxyl groups excluding tert-OH is 1. The zero-order valence-corrected chi connectivity index (χ0v) is 23.5. The number of hydrogen-bond donors (Lipinski definition) is 3. The van der Waals surface area contributed by atoms with E-state index in [2.05, 4.69) is 38.6 Å². The summed E-state index contributed by atoms with van der Waals surface area (Å²) in [5.41, 5.74) is -0.386. The number of carboxylic acid groups (broad SMARTS) is 1. The molecule has 0 aliphatic carbocycles. The third kappa shape index (κ3) is 9.53. The van der Waals surface area contributed by atoms with E-state index in [1.165, 1.54) is 31.4 Å². The fraction of sp³-hybridized carbons (Fsp3) is 0.696. The normalized spacial score (nSPS) is 14.0. The van der Waals surface area contributed by atoms with Crippen LogP contribution in [0.2, 0.25) is 18.1 Å². The topological polar surface area (TPSA) is 125 Å². The molecule has 0 spiro atoms. The van der Waals surface area contributed by atoms with Crippen LogP contribution in [-0.2, 0) is 14.4 Å². The number of nitrogens with one attached hydrogen (secondary N) is 1. The highest BCUT2D eigenvalue weighted by Gasteiger charge is 2.37. The van der Waals surface area contributed by atoms with Gasteiger partial charge < -0.3 is 24.3 Å². The second-order valence-corrected chi connectivity index (χ2v) is 17.4. The van der Waals surface area contributed by atoms with Crippen LogP contribution in [0.25, 0.3) is 0 Å². The van der Waals surface area contributed by atoms with Gasteiger partial charge in [0.2, 0.25) is 10.0 Å². The van der Waals surface area contributed by atoms with Crippen LogP contribution in [0.3, 0.4) is 0 Å². The first-order valence-corrected chi connectivity index (χ1v) is 15.7. The van der Waals surface area contributed by atoms with Crippen molar-refractivity contribution in [2.75, 3.05) is 33.4 Å². The molecule has 1 amide bonds. The highest BCUT2D eigenvalue weighted by molar-refractivity contribution is 7.89. The highest BCUT2D eigenvalue weighted by atomic mass is 32.2. The Balaban J connectivity index is 2.66. The van der Waals surface area contributed by atoms with Gasteiger partial charge in [-0.25, -0.2) is 17.9 Å². The van der Waals surface area contributed by atoms with Gasteiger partial charge in [-0.3, -0.25) is 0 Å². The van der Waals surface area contributed by atoms with E-state index in [4.69, 9.17) is 9.16 Å². The molecule has 0 saturated carbocycles. The van der Waals surface area contributed by atoms with Crippen LogP contribution in [-0.4, -0.2) is 77.4 Å². The van der Waals surface area contributed by atoms with Crippen molar-refractivity contribution in [3.8, 4) is 5.75 Å². The zero-order chi connectivity index (χ0) is 26.4. The Morgan fingerprint density at radius 1 is 1.15 bits per heavy atom. The standard InChI is InChI=1S/C23H42N2O7SSi/c1-22(2,3)34(7,8)32-14-13-23(4,5)17-25(21(27)28)16-18(26)15-24-33(29,30)20-11-9-19(31-6)10-12-20/h9-12,18,24,26H,13-17H2,1-8H3,(H,27,28). The molecular weight excluding hydrogens is 476 g/mol. The number of nitrogens with zero attached hydrogens (tertiary/aromatic N) is 1. The van der Waals surface area contributed by atoms with Crippen LogP contribution in [0, 0.1) is 5.41 Å². The number of ether oxygens (including phenoxy) is 1. The number of sulfonamides is 1. The monoisotopic (exact) mass is 518 g/mol. The smallest absolute Gasteiger partial charge is 0.407 e. The molecule has 1 rings (SSSR count). The molecule has 1 unspecified atom stereocenters. The summed E-state index contributed by atoms with van der Waals surface area (Å²) in [4.78, 5) is 13.0.